The van der Waals surface area contributed by atoms with Gasteiger partial charge in [-0.15, -0.1) is 0 Å². The average Bonchev–Trinajstić information content (AvgIpc) is 2.86. The normalized spacial score (nSPS) is 10.5. The van der Waals surface area contributed by atoms with Gasteiger partial charge in [-0.25, -0.2) is 13.8 Å². The predicted octanol–water partition coefficient (Wildman–Crippen LogP) is 2.57. The molecule has 0 radical (unpaired) electrons. The molecule has 0 aliphatic rings. The lowest BCUT2D eigenvalue weighted by Crippen LogP contribution is -2.25. The van der Waals surface area contributed by atoms with Crippen LogP contribution in [0, 0.1) is 11.6 Å². The number of carbonyl (C=O) groups is 1. The first kappa shape index (κ1) is 13.7. The molecule has 100 valence electrons. The number of benzene rings is 1. The summed E-state index contributed by atoms with van der Waals surface area (Å²) in [4.78, 5) is 15.4. The molecule has 1 heterocycles. The van der Waals surface area contributed by atoms with Crippen LogP contribution in [0.25, 0.3) is 0 Å². The molecule has 4 nitrogen and oxygen atoms in total. The van der Waals surface area contributed by atoms with Crippen molar-refractivity contribution in [3.63, 3.8) is 0 Å². The average molecular weight is 331 g/mol. The molecule has 1 aromatic carbocycles. The molecule has 0 aliphatic heterocycles. The van der Waals surface area contributed by atoms with Gasteiger partial charge in [-0.3, -0.25) is 4.79 Å². The highest BCUT2D eigenvalue weighted by Crippen LogP contribution is 2.20. The van der Waals surface area contributed by atoms with E-state index in [2.05, 4.69) is 26.2 Å². The summed E-state index contributed by atoms with van der Waals surface area (Å²) in [6.07, 6.45) is 2.58. The number of oxazole rings is 1. The first-order valence-corrected chi connectivity index (χ1v) is 6.14. The largest absolute Gasteiger partial charge is 0.447 e. The number of hydrogen-bond donors (Lipinski definition) is 1. The van der Waals surface area contributed by atoms with E-state index in [-0.39, 0.29) is 23.0 Å². The third-order valence-corrected chi connectivity index (χ3v) is 2.97. The van der Waals surface area contributed by atoms with Crippen molar-refractivity contribution in [3.05, 3.63) is 52.2 Å². The van der Waals surface area contributed by atoms with Crippen LogP contribution in [0.4, 0.5) is 8.78 Å². The van der Waals surface area contributed by atoms with Crippen LogP contribution in [0.15, 0.2) is 33.5 Å². The molecule has 0 saturated heterocycles. The summed E-state index contributed by atoms with van der Waals surface area (Å²) in [5.74, 6) is -1.36. The van der Waals surface area contributed by atoms with Gasteiger partial charge in [0.2, 0.25) is 11.8 Å². The zero-order valence-corrected chi connectivity index (χ0v) is 11.2. The van der Waals surface area contributed by atoms with Gasteiger partial charge in [0, 0.05) is 5.56 Å². The van der Waals surface area contributed by atoms with Crippen molar-refractivity contribution in [3.8, 4) is 0 Å². The number of nitrogens with zero attached hydrogens (tertiary/aromatic N) is 1. The van der Waals surface area contributed by atoms with Crippen molar-refractivity contribution >= 4 is 21.8 Å². The fourth-order valence-corrected chi connectivity index (χ4v) is 1.76. The second-order valence-electron chi connectivity index (χ2n) is 3.74. The highest BCUT2D eigenvalue weighted by molar-refractivity contribution is 9.10. The fraction of sp³-hybridized carbons (Fsp3) is 0.167. The summed E-state index contributed by atoms with van der Waals surface area (Å²) in [5, 5.41) is 2.50. The van der Waals surface area contributed by atoms with Crippen LogP contribution in [0.5, 0.6) is 0 Å². The van der Waals surface area contributed by atoms with Gasteiger partial charge in [0.05, 0.1) is 23.6 Å². The first-order chi connectivity index (χ1) is 9.06. The number of hydrogen-bond acceptors (Lipinski definition) is 3. The molecule has 19 heavy (non-hydrogen) atoms. The van der Waals surface area contributed by atoms with E-state index in [1.54, 1.807) is 0 Å². The number of rotatable bonds is 4. The van der Waals surface area contributed by atoms with Gasteiger partial charge in [-0.2, -0.15) is 0 Å². The number of carbonyl (C=O) groups excluding carboxylic acids is 1. The van der Waals surface area contributed by atoms with Crippen LogP contribution < -0.4 is 5.32 Å². The lowest BCUT2D eigenvalue weighted by Gasteiger charge is -2.05. The molecule has 0 bridgehead atoms. The van der Waals surface area contributed by atoms with Crippen molar-refractivity contribution in [2.24, 2.45) is 0 Å². The summed E-state index contributed by atoms with van der Waals surface area (Å²) < 4.78 is 31.7. The summed E-state index contributed by atoms with van der Waals surface area (Å²) in [5.41, 5.74) is -0.00870. The van der Waals surface area contributed by atoms with Crippen molar-refractivity contribution in [1.82, 2.24) is 10.3 Å². The quantitative estimate of drug-likeness (QED) is 0.876. The van der Waals surface area contributed by atoms with Gasteiger partial charge in [-0.1, -0.05) is 0 Å². The number of nitrogens with one attached hydrogen (secondary N) is 1. The van der Waals surface area contributed by atoms with Crippen molar-refractivity contribution < 1.29 is 18.0 Å². The molecule has 0 atom stereocenters. The van der Waals surface area contributed by atoms with Crippen molar-refractivity contribution in [1.29, 1.82) is 0 Å². The molecule has 0 fully saturated rings. The molecule has 0 aliphatic carbocycles. The highest BCUT2D eigenvalue weighted by atomic mass is 79.9. The van der Waals surface area contributed by atoms with Gasteiger partial charge in [0.15, 0.2) is 0 Å². The van der Waals surface area contributed by atoms with Crippen LogP contribution in [0.3, 0.4) is 0 Å². The molecule has 2 rings (SSSR count). The van der Waals surface area contributed by atoms with Crippen LogP contribution in [0.1, 0.15) is 11.5 Å². The summed E-state index contributed by atoms with van der Waals surface area (Å²) in [7, 11) is 0. The predicted molar refractivity (Wildman–Crippen MR) is 66.1 cm³/mol. The molecular formula is C12H9BrF2N2O2. The second kappa shape index (κ2) is 5.92. The Hall–Kier alpha value is -1.76. The Morgan fingerprint density at radius 3 is 2.84 bits per heavy atom. The molecule has 1 aromatic heterocycles. The third-order valence-electron chi connectivity index (χ3n) is 2.36. The minimum absolute atomic E-state index is 0.00870. The second-order valence-corrected chi connectivity index (χ2v) is 4.59. The Morgan fingerprint density at radius 2 is 2.16 bits per heavy atom. The monoisotopic (exact) mass is 330 g/mol. The Morgan fingerprint density at radius 1 is 1.37 bits per heavy atom. The van der Waals surface area contributed by atoms with Gasteiger partial charge in [0.1, 0.15) is 17.9 Å². The molecule has 2 aromatic rings. The zero-order chi connectivity index (χ0) is 13.8. The van der Waals surface area contributed by atoms with E-state index < -0.39 is 17.5 Å². The highest BCUT2D eigenvalue weighted by Gasteiger charge is 2.12. The maximum atomic E-state index is 13.5. The minimum Gasteiger partial charge on any atom is -0.447 e. The number of aromatic nitrogens is 1. The fourth-order valence-electron chi connectivity index (χ4n) is 1.45. The Balaban J connectivity index is 1.97. The summed E-state index contributed by atoms with van der Waals surface area (Å²) in [6, 6.07) is 1.98. The molecule has 1 N–H and O–H groups in total. The molecule has 0 unspecified atom stereocenters. The lowest BCUT2D eigenvalue weighted by atomic mass is 10.1. The molecule has 0 spiro atoms. The summed E-state index contributed by atoms with van der Waals surface area (Å²) in [6.45, 7) is 0.104. The maximum absolute atomic E-state index is 13.5. The first-order valence-electron chi connectivity index (χ1n) is 5.34. The summed E-state index contributed by atoms with van der Waals surface area (Å²) >= 11 is 2.87. The van der Waals surface area contributed by atoms with E-state index in [9.17, 15) is 13.6 Å². The van der Waals surface area contributed by atoms with Crippen LogP contribution in [-0.2, 0) is 17.8 Å². The van der Waals surface area contributed by atoms with Crippen molar-refractivity contribution in [2.45, 2.75) is 13.0 Å². The topological polar surface area (TPSA) is 55.1 Å². The van der Waals surface area contributed by atoms with Gasteiger partial charge in [0.25, 0.3) is 0 Å². The molecule has 7 heteroatoms. The van der Waals surface area contributed by atoms with E-state index in [1.165, 1.54) is 12.5 Å². The Labute approximate surface area is 116 Å². The van der Waals surface area contributed by atoms with E-state index in [0.29, 0.717) is 5.89 Å². The van der Waals surface area contributed by atoms with Crippen molar-refractivity contribution in [2.75, 3.05) is 0 Å². The van der Waals surface area contributed by atoms with E-state index >= 15 is 0 Å². The van der Waals surface area contributed by atoms with Gasteiger partial charge in [-0.05, 0) is 28.1 Å². The van der Waals surface area contributed by atoms with Gasteiger partial charge >= 0.3 is 0 Å². The van der Waals surface area contributed by atoms with Crippen LogP contribution in [0.2, 0.25) is 0 Å². The Kier molecular flexibility index (Phi) is 4.26. The molecule has 1 amide bonds. The SMILES string of the molecule is O=C(Cc1cc(F)c(Br)cc1F)NCc1ncco1. The third kappa shape index (κ3) is 3.60. The van der Waals surface area contributed by atoms with Gasteiger partial charge < -0.3 is 9.73 Å². The zero-order valence-electron chi connectivity index (χ0n) is 9.62. The van der Waals surface area contributed by atoms with Crippen LogP contribution >= 0.6 is 15.9 Å². The minimum atomic E-state index is -0.639. The van der Waals surface area contributed by atoms with E-state index in [4.69, 9.17) is 4.42 Å². The molecular weight excluding hydrogens is 322 g/mol. The standard InChI is InChI=1S/C12H9BrF2N2O2/c13-8-5-9(14)7(3-10(8)15)4-11(18)17-6-12-16-1-2-19-12/h1-3,5H,4,6H2,(H,17,18). The Bertz CT molecular complexity index is 588. The maximum Gasteiger partial charge on any atom is 0.224 e. The number of amides is 1. The molecule has 0 saturated carbocycles. The number of halogens is 3. The smallest absolute Gasteiger partial charge is 0.224 e. The van der Waals surface area contributed by atoms with E-state index in [0.717, 1.165) is 12.1 Å². The lowest BCUT2D eigenvalue weighted by molar-refractivity contribution is -0.120. The van der Waals surface area contributed by atoms with E-state index in [1.807, 2.05) is 0 Å². The van der Waals surface area contributed by atoms with Crippen LogP contribution in [-0.4, -0.2) is 10.9 Å².